The third kappa shape index (κ3) is 5.51. The van der Waals surface area contributed by atoms with Crippen LogP contribution in [-0.2, 0) is 10.8 Å². The molecule has 0 saturated heterocycles. The standard InChI is InChI=1S/C57H43NS/c1-56(2,3)39-30-32-42(33-31-39)58(52-36-29-38-17-10-11-22-44(38)54(52)49-26-16-25-48-47-24-13-15-28-53(47)59-55(48)49)43-34-35-46-45-23-12-14-27-50(45)57(51(46)37-43,40-18-6-4-7-19-40)41-20-8-5-9-21-41/h4-37H,1-3H3. The van der Waals surface area contributed by atoms with Crippen LogP contribution in [0.4, 0.5) is 17.1 Å². The third-order valence-electron chi connectivity index (χ3n) is 12.5. The van der Waals surface area contributed by atoms with Crippen LogP contribution in [0.5, 0.6) is 0 Å². The number of rotatable bonds is 6. The van der Waals surface area contributed by atoms with Crippen LogP contribution >= 0.6 is 11.3 Å². The molecule has 0 aliphatic heterocycles. The molecule has 0 spiro atoms. The molecular formula is C57H43NS. The number of hydrogen-bond donors (Lipinski definition) is 0. The van der Waals surface area contributed by atoms with E-state index in [0.717, 1.165) is 17.1 Å². The van der Waals surface area contributed by atoms with Gasteiger partial charge in [-0.05, 0) is 91.5 Å². The first-order valence-electron chi connectivity index (χ1n) is 20.6. The minimum Gasteiger partial charge on any atom is -0.310 e. The maximum atomic E-state index is 2.52. The van der Waals surface area contributed by atoms with Crippen LogP contribution in [0, 0.1) is 0 Å². The van der Waals surface area contributed by atoms with Gasteiger partial charge in [-0.2, -0.15) is 0 Å². The van der Waals surface area contributed by atoms with Crippen molar-refractivity contribution in [2.45, 2.75) is 31.6 Å². The second-order valence-electron chi connectivity index (χ2n) is 16.9. The molecular weight excluding hydrogens is 731 g/mol. The Morgan fingerprint density at radius 1 is 0.441 bits per heavy atom. The quantitative estimate of drug-likeness (QED) is 0.163. The number of benzene rings is 9. The van der Waals surface area contributed by atoms with Crippen molar-refractivity contribution >= 4 is 59.3 Å². The monoisotopic (exact) mass is 773 g/mol. The van der Waals surface area contributed by atoms with Gasteiger partial charge in [-0.1, -0.05) is 191 Å². The van der Waals surface area contributed by atoms with Crippen molar-refractivity contribution in [3.8, 4) is 22.3 Å². The Hall–Kier alpha value is -6.74. The van der Waals surface area contributed by atoms with E-state index in [-0.39, 0.29) is 5.41 Å². The maximum absolute atomic E-state index is 2.52. The third-order valence-corrected chi connectivity index (χ3v) is 13.7. The molecule has 1 nitrogen and oxygen atoms in total. The highest BCUT2D eigenvalue weighted by Crippen LogP contribution is 2.58. The zero-order valence-electron chi connectivity index (χ0n) is 33.5. The summed E-state index contributed by atoms with van der Waals surface area (Å²) in [7, 11) is 0. The molecule has 2 heteroatoms. The van der Waals surface area contributed by atoms with Crippen LogP contribution in [0.3, 0.4) is 0 Å². The number of thiophene rings is 1. The van der Waals surface area contributed by atoms with E-state index in [2.05, 4.69) is 232 Å². The van der Waals surface area contributed by atoms with Gasteiger partial charge in [0.1, 0.15) is 0 Å². The average molecular weight is 774 g/mol. The Kier molecular flexibility index (Phi) is 8.22. The lowest BCUT2D eigenvalue weighted by atomic mass is 9.67. The Bertz CT molecular complexity index is 3150. The van der Waals surface area contributed by atoms with E-state index in [0.29, 0.717) is 0 Å². The number of nitrogens with zero attached hydrogens (tertiary/aromatic N) is 1. The Balaban J connectivity index is 1.23. The van der Waals surface area contributed by atoms with Crippen LogP contribution in [0.15, 0.2) is 206 Å². The van der Waals surface area contributed by atoms with Gasteiger partial charge >= 0.3 is 0 Å². The molecule has 0 radical (unpaired) electrons. The lowest BCUT2D eigenvalue weighted by Gasteiger charge is -2.35. The van der Waals surface area contributed by atoms with Gasteiger partial charge in [0.15, 0.2) is 0 Å². The zero-order chi connectivity index (χ0) is 39.7. The van der Waals surface area contributed by atoms with E-state index in [9.17, 15) is 0 Å². The molecule has 1 aromatic heterocycles. The van der Waals surface area contributed by atoms with Crippen LogP contribution < -0.4 is 4.90 Å². The first-order valence-corrected chi connectivity index (χ1v) is 21.4. The summed E-state index contributed by atoms with van der Waals surface area (Å²) in [6.07, 6.45) is 0. The minimum atomic E-state index is -0.513. The molecule has 0 N–H and O–H groups in total. The van der Waals surface area contributed by atoms with Crippen molar-refractivity contribution in [1.29, 1.82) is 0 Å². The summed E-state index contributed by atoms with van der Waals surface area (Å²) in [6, 6.07) is 77.0. The van der Waals surface area contributed by atoms with Gasteiger partial charge in [-0.25, -0.2) is 0 Å². The highest BCUT2D eigenvalue weighted by molar-refractivity contribution is 7.26. The second-order valence-corrected chi connectivity index (χ2v) is 17.9. The van der Waals surface area contributed by atoms with Crippen LogP contribution in [0.2, 0.25) is 0 Å². The predicted octanol–water partition coefficient (Wildman–Crippen LogP) is 16.0. The van der Waals surface area contributed by atoms with E-state index in [1.54, 1.807) is 0 Å². The van der Waals surface area contributed by atoms with Crippen LogP contribution in [0.1, 0.15) is 48.6 Å². The molecule has 59 heavy (non-hydrogen) atoms. The fourth-order valence-corrected chi connectivity index (χ4v) is 11.0. The normalized spacial score (nSPS) is 13.1. The van der Waals surface area contributed by atoms with Crippen molar-refractivity contribution in [1.82, 2.24) is 0 Å². The second kappa shape index (κ2) is 13.7. The smallest absolute Gasteiger partial charge is 0.0714 e. The largest absolute Gasteiger partial charge is 0.310 e. The Morgan fingerprint density at radius 3 is 1.78 bits per heavy atom. The SMILES string of the molecule is CC(C)(C)c1ccc(N(c2ccc3c(c2)C(c2ccccc2)(c2ccccc2)c2ccccc2-3)c2ccc3ccccc3c2-c2cccc3c2sc2ccccc23)cc1. The molecule has 282 valence electrons. The molecule has 1 heterocycles. The first kappa shape index (κ1) is 35.4. The Labute approximate surface area is 350 Å². The van der Waals surface area contributed by atoms with Crippen molar-refractivity contribution in [2.75, 3.05) is 4.90 Å². The fraction of sp³-hybridized carbons (Fsp3) is 0.0877. The van der Waals surface area contributed by atoms with Gasteiger partial charge < -0.3 is 4.90 Å². The van der Waals surface area contributed by atoms with Gasteiger partial charge in [0.2, 0.25) is 0 Å². The maximum Gasteiger partial charge on any atom is 0.0714 e. The first-order chi connectivity index (χ1) is 28.9. The van der Waals surface area contributed by atoms with E-state index in [1.807, 2.05) is 11.3 Å². The van der Waals surface area contributed by atoms with Gasteiger partial charge in [0, 0.05) is 42.7 Å². The molecule has 1 aliphatic carbocycles. The molecule has 0 unspecified atom stereocenters. The highest BCUT2D eigenvalue weighted by Gasteiger charge is 2.46. The van der Waals surface area contributed by atoms with Crippen molar-refractivity contribution < 1.29 is 0 Å². The molecule has 1 aliphatic rings. The van der Waals surface area contributed by atoms with Gasteiger partial charge in [-0.3, -0.25) is 0 Å². The van der Waals surface area contributed by atoms with E-state index in [1.165, 1.54) is 81.0 Å². The van der Waals surface area contributed by atoms with E-state index in [4.69, 9.17) is 0 Å². The summed E-state index contributed by atoms with van der Waals surface area (Å²) in [5.41, 5.74) is 14.4. The van der Waals surface area contributed by atoms with Gasteiger partial charge in [-0.15, -0.1) is 11.3 Å². The topological polar surface area (TPSA) is 3.24 Å². The Morgan fingerprint density at radius 2 is 1.03 bits per heavy atom. The van der Waals surface area contributed by atoms with Crippen LogP contribution in [-0.4, -0.2) is 0 Å². The molecule has 0 bridgehead atoms. The molecule has 0 saturated carbocycles. The number of anilines is 3. The molecule has 0 amide bonds. The average Bonchev–Trinajstić information content (AvgIpc) is 3.81. The van der Waals surface area contributed by atoms with Gasteiger partial charge in [0.25, 0.3) is 0 Å². The van der Waals surface area contributed by atoms with Crippen LogP contribution in [0.25, 0.3) is 53.2 Å². The highest BCUT2D eigenvalue weighted by atomic mass is 32.1. The summed E-state index contributed by atoms with van der Waals surface area (Å²) < 4.78 is 2.62. The summed E-state index contributed by atoms with van der Waals surface area (Å²) in [4.78, 5) is 2.52. The van der Waals surface area contributed by atoms with Crippen molar-refractivity contribution in [3.05, 3.63) is 234 Å². The summed E-state index contributed by atoms with van der Waals surface area (Å²) >= 11 is 1.89. The summed E-state index contributed by atoms with van der Waals surface area (Å²) in [6.45, 7) is 6.87. The van der Waals surface area contributed by atoms with Crippen molar-refractivity contribution in [2.24, 2.45) is 0 Å². The van der Waals surface area contributed by atoms with Crippen molar-refractivity contribution in [3.63, 3.8) is 0 Å². The molecule has 9 aromatic carbocycles. The fourth-order valence-electron chi connectivity index (χ4n) is 9.78. The van der Waals surface area contributed by atoms with Gasteiger partial charge in [0.05, 0.1) is 11.1 Å². The molecule has 0 fully saturated rings. The molecule has 0 atom stereocenters. The molecule has 11 rings (SSSR count). The minimum absolute atomic E-state index is 0.0264. The number of hydrogen-bond acceptors (Lipinski definition) is 2. The zero-order valence-corrected chi connectivity index (χ0v) is 34.3. The lowest BCUT2D eigenvalue weighted by Crippen LogP contribution is -2.28. The summed E-state index contributed by atoms with van der Waals surface area (Å²) in [5.74, 6) is 0. The number of fused-ring (bicyclic) bond motifs is 7. The van der Waals surface area contributed by atoms with E-state index >= 15 is 0 Å². The predicted molar refractivity (Wildman–Crippen MR) is 253 cm³/mol. The summed E-state index contributed by atoms with van der Waals surface area (Å²) in [5, 5.41) is 5.07. The van der Waals surface area contributed by atoms with E-state index < -0.39 is 5.41 Å². The molecule has 10 aromatic rings. The lowest BCUT2D eigenvalue weighted by molar-refractivity contribution is 0.590.